The van der Waals surface area contributed by atoms with Crippen molar-refractivity contribution in [2.45, 2.75) is 19.3 Å². The van der Waals surface area contributed by atoms with Crippen LogP contribution in [0.3, 0.4) is 0 Å². The summed E-state index contributed by atoms with van der Waals surface area (Å²) in [6, 6.07) is 4.03. The van der Waals surface area contributed by atoms with Crippen LogP contribution >= 0.6 is 0 Å². The summed E-state index contributed by atoms with van der Waals surface area (Å²) in [7, 11) is 0. The van der Waals surface area contributed by atoms with Crippen LogP contribution in [-0.2, 0) is 0 Å². The maximum absolute atomic E-state index is 5.77. The van der Waals surface area contributed by atoms with Gasteiger partial charge in [-0.1, -0.05) is 6.42 Å². The third-order valence-corrected chi connectivity index (χ3v) is 5.57. The zero-order chi connectivity index (χ0) is 16.1. The van der Waals surface area contributed by atoms with E-state index < -0.39 is 0 Å². The van der Waals surface area contributed by atoms with Gasteiger partial charge in [0.05, 0.1) is 11.1 Å². The fraction of sp³-hybridized carbons (Fsp3) is 0.389. The van der Waals surface area contributed by atoms with Crippen molar-refractivity contribution in [3.05, 3.63) is 30.7 Å². The minimum atomic E-state index is 0.294. The Morgan fingerprint density at radius 2 is 1.88 bits per heavy atom. The minimum Gasteiger partial charge on any atom is -0.370 e. The second-order valence-corrected chi connectivity index (χ2v) is 6.91. The predicted octanol–water partition coefficient (Wildman–Crippen LogP) is 2.84. The molecule has 2 fully saturated rings. The van der Waals surface area contributed by atoms with Crippen molar-refractivity contribution in [1.82, 2.24) is 19.9 Å². The lowest BCUT2D eigenvalue weighted by atomic mass is 10.0. The highest BCUT2D eigenvalue weighted by atomic mass is 15.2. The summed E-state index contributed by atoms with van der Waals surface area (Å²) in [6.07, 6.45) is 9.70. The topological polar surface area (TPSA) is 83.7 Å². The van der Waals surface area contributed by atoms with E-state index in [2.05, 4.69) is 30.9 Å². The highest BCUT2D eigenvalue weighted by molar-refractivity contribution is 6.02. The van der Waals surface area contributed by atoms with E-state index in [0.717, 1.165) is 47.2 Å². The Balaban J connectivity index is 1.63. The van der Waals surface area contributed by atoms with Gasteiger partial charge in [-0.25, -0.2) is 15.0 Å². The van der Waals surface area contributed by atoms with Gasteiger partial charge in [-0.3, -0.25) is 0 Å². The van der Waals surface area contributed by atoms with Crippen LogP contribution in [-0.4, -0.2) is 33.0 Å². The van der Waals surface area contributed by atoms with Crippen molar-refractivity contribution in [3.63, 3.8) is 0 Å². The molecule has 2 unspecified atom stereocenters. The Kier molecular flexibility index (Phi) is 2.98. The molecule has 1 saturated heterocycles. The SMILES string of the molecule is Nc1nccc(-c2c[nH]c3nccc(N4CC5CCCC5C4)c23)n1. The van der Waals surface area contributed by atoms with Crippen LogP contribution in [0.1, 0.15) is 19.3 Å². The first-order valence-corrected chi connectivity index (χ1v) is 8.59. The van der Waals surface area contributed by atoms with Crippen LogP contribution in [0.25, 0.3) is 22.3 Å². The van der Waals surface area contributed by atoms with Gasteiger partial charge in [-0.15, -0.1) is 0 Å². The molecule has 3 N–H and O–H groups in total. The molecular formula is C18H20N6. The first-order chi connectivity index (χ1) is 11.8. The number of pyridine rings is 1. The average molecular weight is 320 g/mol. The molecular weight excluding hydrogens is 300 g/mol. The molecule has 4 heterocycles. The van der Waals surface area contributed by atoms with Gasteiger partial charge in [-0.05, 0) is 36.8 Å². The van der Waals surface area contributed by atoms with Crippen LogP contribution in [0.4, 0.5) is 11.6 Å². The number of rotatable bonds is 2. The molecule has 1 saturated carbocycles. The normalized spacial score (nSPS) is 23.1. The van der Waals surface area contributed by atoms with Crippen LogP contribution in [0, 0.1) is 11.8 Å². The maximum atomic E-state index is 5.77. The summed E-state index contributed by atoms with van der Waals surface area (Å²) in [5.74, 6) is 2.00. The van der Waals surface area contributed by atoms with Crippen LogP contribution in [0.2, 0.25) is 0 Å². The Morgan fingerprint density at radius 3 is 2.67 bits per heavy atom. The average Bonchev–Trinajstić information content (AvgIpc) is 3.28. The molecule has 1 aliphatic heterocycles. The third-order valence-electron chi connectivity index (χ3n) is 5.57. The number of H-pyrrole nitrogens is 1. The summed E-state index contributed by atoms with van der Waals surface area (Å²) in [4.78, 5) is 18.7. The highest BCUT2D eigenvalue weighted by Gasteiger charge is 2.36. The van der Waals surface area contributed by atoms with Gasteiger partial charge in [0.15, 0.2) is 0 Å². The van der Waals surface area contributed by atoms with Crippen LogP contribution < -0.4 is 10.6 Å². The quantitative estimate of drug-likeness (QED) is 0.758. The summed E-state index contributed by atoms with van der Waals surface area (Å²) in [6.45, 7) is 2.31. The number of nitrogen functional groups attached to an aromatic ring is 1. The molecule has 0 radical (unpaired) electrons. The monoisotopic (exact) mass is 320 g/mol. The number of hydrogen-bond donors (Lipinski definition) is 2. The van der Waals surface area contributed by atoms with E-state index in [-0.39, 0.29) is 0 Å². The Hall–Kier alpha value is -2.63. The summed E-state index contributed by atoms with van der Waals surface area (Å²) in [5, 5.41) is 1.13. The maximum Gasteiger partial charge on any atom is 0.220 e. The molecule has 2 atom stereocenters. The van der Waals surface area contributed by atoms with E-state index in [1.165, 1.54) is 24.9 Å². The van der Waals surface area contributed by atoms with Crippen molar-refractivity contribution >= 4 is 22.7 Å². The van der Waals surface area contributed by atoms with Crippen molar-refractivity contribution < 1.29 is 0 Å². The molecule has 5 rings (SSSR count). The highest BCUT2D eigenvalue weighted by Crippen LogP contribution is 2.42. The molecule has 0 aromatic carbocycles. The van der Waals surface area contributed by atoms with Gasteiger partial charge in [-0.2, -0.15) is 0 Å². The first-order valence-electron chi connectivity index (χ1n) is 8.59. The zero-order valence-electron chi connectivity index (χ0n) is 13.4. The molecule has 2 aliphatic rings. The van der Waals surface area contributed by atoms with E-state index in [4.69, 9.17) is 5.73 Å². The number of nitrogens with one attached hydrogen (secondary N) is 1. The Bertz CT molecular complexity index is 889. The largest absolute Gasteiger partial charge is 0.370 e. The summed E-state index contributed by atoms with van der Waals surface area (Å²) < 4.78 is 0. The third kappa shape index (κ3) is 2.06. The number of hydrogen-bond acceptors (Lipinski definition) is 5. The number of aromatic amines is 1. The second kappa shape index (κ2) is 5.19. The summed E-state index contributed by atoms with van der Waals surface area (Å²) >= 11 is 0. The predicted molar refractivity (Wildman–Crippen MR) is 94.6 cm³/mol. The molecule has 1 aliphatic carbocycles. The lowest BCUT2D eigenvalue weighted by Gasteiger charge is -2.21. The summed E-state index contributed by atoms with van der Waals surface area (Å²) in [5.41, 5.74) is 9.80. The number of fused-ring (bicyclic) bond motifs is 2. The lowest BCUT2D eigenvalue weighted by molar-refractivity contribution is 0.494. The van der Waals surface area contributed by atoms with Gasteiger partial charge < -0.3 is 15.6 Å². The van der Waals surface area contributed by atoms with E-state index in [1.54, 1.807) is 6.20 Å². The van der Waals surface area contributed by atoms with Crippen molar-refractivity contribution in [2.75, 3.05) is 23.7 Å². The second-order valence-electron chi connectivity index (χ2n) is 6.91. The molecule has 0 amide bonds. The number of aromatic nitrogens is 4. The number of nitrogens with two attached hydrogens (primary N) is 1. The van der Waals surface area contributed by atoms with Gasteiger partial charge in [0.25, 0.3) is 0 Å². The molecule has 6 nitrogen and oxygen atoms in total. The van der Waals surface area contributed by atoms with E-state index in [9.17, 15) is 0 Å². The van der Waals surface area contributed by atoms with Crippen LogP contribution in [0.15, 0.2) is 30.7 Å². The van der Waals surface area contributed by atoms with Crippen molar-refractivity contribution in [1.29, 1.82) is 0 Å². The minimum absolute atomic E-state index is 0.294. The smallest absolute Gasteiger partial charge is 0.220 e. The molecule has 122 valence electrons. The standard InChI is InChI=1S/C18H20N6/c19-18-21-6-4-14(23-18)13-8-22-17-16(13)15(5-7-20-17)24-9-11-2-1-3-12(11)10-24/h4-8,11-12H,1-3,9-10H2,(H,20,22)(H2,19,21,23). The van der Waals surface area contributed by atoms with Crippen molar-refractivity contribution in [2.24, 2.45) is 11.8 Å². The Labute approximate surface area is 140 Å². The first kappa shape index (κ1) is 13.8. The number of anilines is 2. The molecule has 0 spiro atoms. The van der Waals surface area contributed by atoms with Gasteiger partial charge in [0, 0.05) is 42.9 Å². The zero-order valence-corrected chi connectivity index (χ0v) is 13.4. The molecule has 24 heavy (non-hydrogen) atoms. The van der Waals surface area contributed by atoms with Crippen LogP contribution in [0.5, 0.6) is 0 Å². The molecule has 0 bridgehead atoms. The van der Waals surface area contributed by atoms with Gasteiger partial charge in [0.1, 0.15) is 5.65 Å². The number of nitrogens with zero attached hydrogens (tertiary/aromatic N) is 4. The molecule has 6 heteroatoms. The van der Waals surface area contributed by atoms with Gasteiger partial charge in [0.2, 0.25) is 5.95 Å². The molecule has 3 aromatic heterocycles. The lowest BCUT2D eigenvalue weighted by Crippen LogP contribution is -2.21. The molecule has 3 aromatic rings. The van der Waals surface area contributed by atoms with E-state index >= 15 is 0 Å². The fourth-order valence-electron chi connectivity index (χ4n) is 4.46. The fourth-order valence-corrected chi connectivity index (χ4v) is 4.46. The van der Waals surface area contributed by atoms with E-state index in [0.29, 0.717) is 5.95 Å². The van der Waals surface area contributed by atoms with Gasteiger partial charge >= 0.3 is 0 Å². The van der Waals surface area contributed by atoms with E-state index in [1.807, 2.05) is 18.5 Å². The van der Waals surface area contributed by atoms with Crippen molar-refractivity contribution in [3.8, 4) is 11.3 Å². The Morgan fingerprint density at radius 1 is 1.08 bits per heavy atom.